The van der Waals surface area contributed by atoms with E-state index >= 15 is 0 Å². The summed E-state index contributed by atoms with van der Waals surface area (Å²) in [6.45, 7) is 6.30. The van der Waals surface area contributed by atoms with E-state index in [4.69, 9.17) is 0 Å². The highest BCUT2D eigenvalue weighted by Crippen LogP contribution is 2.13. The van der Waals surface area contributed by atoms with Crippen LogP contribution in [-0.2, 0) is 0 Å². The van der Waals surface area contributed by atoms with E-state index in [9.17, 15) is 4.79 Å². The van der Waals surface area contributed by atoms with E-state index < -0.39 is 0 Å². The molecule has 1 fully saturated rings. The number of carbonyl (C=O) groups is 1. The van der Waals surface area contributed by atoms with Gasteiger partial charge in [-0.1, -0.05) is 18.2 Å². The first-order chi connectivity index (χ1) is 10.1. The highest BCUT2D eigenvalue weighted by Gasteiger charge is 2.30. The third-order valence-electron chi connectivity index (χ3n) is 3.56. The van der Waals surface area contributed by atoms with Gasteiger partial charge < -0.3 is 10.2 Å². The van der Waals surface area contributed by atoms with Crippen LogP contribution < -0.4 is 5.32 Å². The van der Waals surface area contributed by atoms with Crippen molar-refractivity contribution in [2.24, 2.45) is 0 Å². The normalized spacial score (nSPS) is 17.7. The summed E-state index contributed by atoms with van der Waals surface area (Å²) in [6, 6.07) is 9.65. The molecule has 0 saturated carbocycles. The van der Waals surface area contributed by atoms with Gasteiger partial charge in [-0.25, -0.2) is 9.67 Å². The lowest BCUT2D eigenvalue weighted by Crippen LogP contribution is -2.58. The maximum atomic E-state index is 12.5. The summed E-state index contributed by atoms with van der Waals surface area (Å²) in [5.74, 6) is 0.135. The van der Waals surface area contributed by atoms with Gasteiger partial charge in [0.2, 0.25) is 5.82 Å². The number of hydrogen-bond acceptors (Lipinski definition) is 4. The maximum Gasteiger partial charge on any atom is 0.293 e. The van der Waals surface area contributed by atoms with Gasteiger partial charge in [-0.2, -0.15) is 0 Å². The van der Waals surface area contributed by atoms with Gasteiger partial charge in [-0.05, 0) is 26.0 Å². The fourth-order valence-electron chi connectivity index (χ4n) is 2.52. The van der Waals surface area contributed by atoms with E-state index in [1.165, 1.54) is 0 Å². The van der Waals surface area contributed by atoms with E-state index in [0.29, 0.717) is 13.1 Å². The number of para-hydroxylation sites is 1. The van der Waals surface area contributed by atoms with E-state index in [1.807, 2.05) is 30.3 Å². The number of hydrogen-bond donors (Lipinski definition) is 1. The number of aromatic nitrogens is 3. The second kappa shape index (κ2) is 5.29. The van der Waals surface area contributed by atoms with Gasteiger partial charge in [0.1, 0.15) is 6.33 Å². The molecule has 110 valence electrons. The largest absolute Gasteiger partial charge is 0.333 e. The summed E-state index contributed by atoms with van der Waals surface area (Å²) in [4.78, 5) is 18.5. The zero-order valence-electron chi connectivity index (χ0n) is 12.3. The summed E-state index contributed by atoms with van der Waals surface area (Å²) in [7, 11) is 0. The molecule has 1 saturated heterocycles. The van der Waals surface area contributed by atoms with Gasteiger partial charge in [0.15, 0.2) is 0 Å². The number of rotatable bonds is 2. The molecule has 1 aliphatic rings. The van der Waals surface area contributed by atoms with Gasteiger partial charge in [0, 0.05) is 25.2 Å². The zero-order chi connectivity index (χ0) is 14.9. The van der Waals surface area contributed by atoms with Crippen molar-refractivity contribution in [1.29, 1.82) is 0 Å². The fraction of sp³-hybridized carbons (Fsp3) is 0.400. The Morgan fingerprint density at radius 1 is 1.29 bits per heavy atom. The Labute approximate surface area is 123 Å². The molecular weight excluding hydrogens is 266 g/mol. The molecule has 0 spiro atoms. The van der Waals surface area contributed by atoms with Gasteiger partial charge >= 0.3 is 0 Å². The molecule has 0 unspecified atom stereocenters. The second-order valence-electron chi connectivity index (χ2n) is 5.89. The van der Waals surface area contributed by atoms with Crippen LogP contribution in [-0.4, -0.2) is 50.7 Å². The predicted octanol–water partition coefficient (Wildman–Crippen LogP) is 1.09. The topological polar surface area (TPSA) is 63.1 Å². The minimum Gasteiger partial charge on any atom is -0.333 e. The lowest BCUT2D eigenvalue weighted by molar-refractivity contribution is 0.0640. The summed E-state index contributed by atoms with van der Waals surface area (Å²) in [5.41, 5.74) is 0.820. The Morgan fingerprint density at radius 2 is 2.05 bits per heavy atom. The Bertz CT molecular complexity index is 635. The van der Waals surface area contributed by atoms with Crippen LogP contribution in [0.4, 0.5) is 0 Å². The van der Waals surface area contributed by atoms with Crippen molar-refractivity contribution in [2.75, 3.05) is 19.6 Å². The molecule has 1 aliphatic heterocycles. The molecule has 6 nitrogen and oxygen atoms in total. The predicted molar refractivity (Wildman–Crippen MR) is 79.3 cm³/mol. The molecule has 1 amide bonds. The first-order valence-corrected chi connectivity index (χ1v) is 7.07. The van der Waals surface area contributed by atoms with Crippen LogP contribution in [0.3, 0.4) is 0 Å². The monoisotopic (exact) mass is 285 g/mol. The minimum atomic E-state index is -0.112. The maximum absolute atomic E-state index is 12.5. The SMILES string of the molecule is CC1(C)CN(C(=O)c2ncn(-c3ccccc3)n2)CCN1. The average molecular weight is 285 g/mol. The van der Waals surface area contributed by atoms with Crippen LogP contribution >= 0.6 is 0 Å². The summed E-state index contributed by atoms with van der Waals surface area (Å²) in [5, 5.41) is 7.68. The molecule has 0 atom stereocenters. The molecular formula is C15H19N5O. The van der Waals surface area contributed by atoms with E-state index in [0.717, 1.165) is 12.2 Å². The Kier molecular flexibility index (Phi) is 3.47. The molecule has 2 heterocycles. The van der Waals surface area contributed by atoms with Crippen LogP contribution in [0, 0.1) is 0 Å². The smallest absolute Gasteiger partial charge is 0.293 e. The fourth-order valence-corrected chi connectivity index (χ4v) is 2.52. The highest BCUT2D eigenvalue weighted by molar-refractivity contribution is 5.90. The summed E-state index contributed by atoms with van der Waals surface area (Å²) >= 11 is 0. The molecule has 0 radical (unpaired) electrons. The summed E-state index contributed by atoms with van der Waals surface area (Å²) in [6.07, 6.45) is 1.58. The quantitative estimate of drug-likeness (QED) is 0.897. The zero-order valence-corrected chi connectivity index (χ0v) is 12.3. The molecule has 1 aromatic carbocycles. The number of nitrogens with zero attached hydrogens (tertiary/aromatic N) is 4. The molecule has 2 aromatic rings. The van der Waals surface area contributed by atoms with Crippen LogP contribution in [0.5, 0.6) is 0 Å². The molecule has 0 aliphatic carbocycles. The minimum absolute atomic E-state index is 0.0735. The molecule has 0 bridgehead atoms. The van der Waals surface area contributed by atoms with Crippen LogP contribution in [0.25, 0.3) is 5.69 Å². The average Bonchev–Trinajstić information content (AvgIpc) is 2.96. The number of benzene rings is 1. The van der Waals surface area contributed by atoms with Gasteiger partial charge in [0.05, 0.1) is 5.69 Å². The summed E-state index contributed by atoms with van der Waals surface area (Å²) < 4.78 is 1.63. The molecule has 1 N–H and O–H groups in total. The van der Waals surface area contributed by atoms with Gasteiger partial charge in [-0.3, -0.25) is 4.79 Å². The van der Waals surface area contributed by atoms with Crippen molar-refractivity contribution in [1.82, 2.24) is 25.0 Å². The van der Waals surface area contributed by atoms with Gasteiger partial charge in [0.25, 0.3) is 5.91 Å². The lowest BCUT2D eigenvalue weighted by Gasteiger charge is -2.38. The third kappa shape index (κ3) is 2.95. The van der Waals surface area contributed by atoms with E-state index in [2.05, 4.69) is 29.2 Å². The van der Waals surface area contributed by atoms with Crippen molar-refractivity contribution >= 4 is 5.91 Å². The second-order valence-corrected chi connectivity index (χ2v) is 5.89. The standard InChI is InChI=1S/C15H19N5O/c1-15(2)10-19(9-8-17-15)14(21)13-16-11-20(18-13)12-6-4-3-5-7-12/h3-7,11,17H,8-10H2,1-2H3. The third-order valence-corrected chi connectivity index (χ3v) is 3.56. The van der Waals surface area contributed by atoms with E-state index in [1.54, 1.807) is 15.9 Å². The molecule has 21 heavy (non-hydrogen) atoms. The number of nitrogens with one attached hydrogen (secondary N) is 1. The number of amides is 1. The first-order valence-electron chi connectivity index (χ1n) is 7.07. The van der Waals surface area contributed by atoms with Crippen molar-refractivity contribution < 1.29 is 4.79 Å². The molecule has 6 heteroatoms. The number of carbonyl (C=O) groups excluding carboxylic acids is 1. The van der Waals surface area contributed by atoms with Crippen molar-refractivity contribution in [3.05, 3.63) is 42.5 Å². The number of piperazine rings is 1. The van der Waals surface area contributed by atoms with Crippen LogP contribution in [0.1, 0.15) is 24.5 Å². The van der Waals surface area contributed by atoms with Crippen LogP contribution in [0.2, 0.25) is 0 Å². The molecule has 1 aromatic heterocycles. The van der Waals surface area contributed by atoms with Crippen molar-refractivity contribution in [2.45, 2.75) is 19.4 Å². The Balaban J connectivity index is 1.78. The Morgan fingerprint density at radius 3 is 2.76 bits per heavy atom. The highest BCUT2D eigenvalue weighted by atomic mass is 16.2. The van der Waals surface area contributed by atoms with Crippen molar-refractivity contribution in [3.8, 4) is 5.69 Å². The van der Waals surface area contributed by atoms with Gasteiger partial charge in [-0.15, -0.1) is 5.10 Å². The molecule has 3 rings (SSSR count). The van der Waals surface area contributed by atoms with Crippen molar-refractivity contribution in [3.63, 3.8) is 0 Å². The van der Waals surface area contributed by atoms with Crippen LogP contribution in [0.15, 0.2) is 36.7 Å². The lowest BCUT2D eigenvalue weighted by atomic mass is 10.0. The first kappa shape index (κ1) is 13.8. The Hall–Kier alpha value is -2.21. The van der Waals surface area contributed by atoms with E-state index in [-0.39, 0.29) is 17.3 Å².